The van der Waals surface area contributed by atoms with E-state index in [0.29, 0.717) is 13.2 Å². The fraction of sp³-hybridized carbons (Fsp3) is 1.00. The number of methoxy groups -OCH3 is 1. The number of nitrogens with zero attached hydrogens (tertiary/aromatic N) is 1. The van der Waals surface area contributed by atoms with Crippen molar-refractivity contribution in [1.82, 2.24) is 4.90 Å². The standard InChI is InChI=1S/C17H37NO2/c1-4-5-6-7-8-9-10-11-12-13-14-18(2)15-17(19)16-20-3/h17,19H,4-16H2,1-3H3. The van der Waals surface area contributed by atoms with Gasteiger partial charge in [0.15, 0.2) is 0 Å². The first kappa shape index (κ1) is 19.9. The molecule has 0 bridgehead atoms. The summed E-state index contributed by atoms with van der Waals surface area (Å²) in [5.41, 5.74) is 0. The number of rotatable bonds is 15. The van der Waals surface area contributed by atoms with Crippen LogP contribution >= 0.6 is 0 Å². The van der Waals surface area contributed by atoms with Gasteiger partial charge < -0.3 is 14.7 Å². The van der Waals surface area contributed by atoms with Crippen molar-refractivity contribution >= 4 is 0 Å². The van der Waals surface area contributed by atoms with E-state index < -0.39 is 0 Å². The Morgan fingerprint density at radius 2 is 1.40 bits per heavy atom. The minimum absolute atomic E-state index is 0.354. The second-order valence-electron chi connectivity index (χ2n) is 6.05. The minimum atomic E-state index is -0.354. The number of aliphatic hydroxyl groups is 1. The third-order valence-electron chi connectivity index (χ3n) is 3.77. The van der Waals surface area contributed by atoms with Crippen molar-refractivity contribution in [2.45, 2.75) is 77.2 Å². The van der Waals surface area contributed by atoms with Gasteiger partial charge in [-0.1, -0.05) is 64.7 Å². The second-order valence-corrected chi connectivity index (χ2v) is 6.05. The van der Waals surface area contributed by atoms with Crippen molar-refractivity contribution in [3.05, 3.63) is 0 Å². The largest absolute Gasteiger partial charge is 0.389 e. The van der Waals surface area contributed by atoms with Crippen LogP contribution in [0.15, 0.2) is 0 Å². The van der Waals surface area contributed by atoms with E-state index >= 15 is 0 Å². The molecule has 1 atom stereocenters. The molecule has 0 saturated carbocycles. The molecule has 0 fully saturated rings. The minimum Gasteiger partial charge on any atom is -0.389 e. The molecule has 0 aliphatic heterocycles. The van der Waals surface area contributed by atoms with Gasteiger partial charge in [0.05, 0.1) is 12.7 Å². The molecule has 122 valence electrons. The smallest absolute Gasteiger partial charge is 0.0899 e. The quantitative estimate of drug-likeness (QED) is 0.464. The molecule has 0 spiro atoms. The molecule has 0 aromatic rings. The molecule has 3 heteroatoms. The number of hydrogen-bond donors (Lipinski definition) is 1. The monoisotopic (exact) mass is 287 g/mol. The lowest BCUT2D eigenvalue weighted by atomic mass is 10.1. The van der Waals surface area contributed by atoms with Crippen LogP contribution in [0.1, 0.15) is 71.1 Å². The van der Waals surface area contributed by atoms with Crippen molar-refractivity contribution in [1.29, 1.82) is 0 Å². The van der Waals surface area contributed by atoms with Crippen LogP contribution in [-0.2, 0) is 4.74 Å². The molecule has 20 heavy (non-hydrogen) atoms. The molecule has 1 unspecified atom stereocenters. The van der Waals surface area contributed by atoms with Crippen LogP contribution in [0.5, 0.6) is 0 Å². The van der Waals surface area contributed by atoms with Gasteiger partial charge in [-0.2, -0.15) is 0 Å². The molecule has 0 heterocycles. The van der Waals surface area contributed by atoms with Crippen LogP contribution < -0.4 is 0 Å². The van der Waals surface area contributed by atoms with Gasteiger partial charge in [0.2, 0.25) is 0 Å². The molecule has 1 N–H and O–H groups in total. The number of hydrogen-bond acceptors (Lipinski definition) is 3. The zero-order valence-electron chi connectivity index (χ0n) is 14.1. The Bertz CT molecular complexity index is 188. The maximum absolute atomic E-state index is 9.61. The van der Waals surface area contributed by atoms with Crippen molar-refractivity contribution in [3.63, 3.8) is 0 Å². The van der Waals surface area contributed by atoms with E-state index in [0.717, 1.165) is 6.54 Å². The van der Waals surface area contributed by atoms with Gasteiger partial charge >= 0.3 is 0 Å². The maximum Gasteiger partial charge on any atom is 0.0899 e. The predicted octanol–water partition coefficient (Wildman–Crippen LogP) is 3.85. The van der Waals surface area contributed by atoms with E-state index in [1.807, 2.05) is 0 Å². The lowest BCUT2D eigenvalue weighted by Gasteiger charge is -2.19. The summed E-state index contributed by atoms with van der Waals surface area (Å²) in [5, 5.41) is 9.61. The molecule has 0 amide bonds. The molecule has 0 aromatic carbocycles. The Kier molecular flexibility index (Phi) is 15.2. The van der Waals surface area contributed by atoms with E-state index in [9.17, 15) is 5.11 Å². The third kappa shape index (κ3) is 14.3. The van der Waals surface area contributed by atoms with Gasteiger partial charge in [-0.15, -0.1) is 0 Å². The third-order valence-corrected chi connectivity index (χ3v) is 3.77. The van der Waals surface area contributed by atoms with Crippen LogP contribution in [-0.4, -0.2) is 50.0 Å². The molecular formula is C17H37NO2. The summed E-state index contributed by atoms with van der Waals surface area (Å²) < 4.78 is 4.93. The molecular weight excluding hydrogens is 250 g/mol. The van der Waals surface area contributed by atoms with Crippen LogP contribution in [0, 0.1) is 0 Å². The number of unbranched alkanes of at least 4 members (excludes halogenated alkanes) is 9. The van der Waals surface area contributed by atoms with E-state index in [1.165, 1.54) is 64.2 Å². The van der Waals surface area contributed by atoms with Crippen LogP contribution in [0.2, 0.25) is 0 Å². The van der Waals surface area contributed by atoms with Gasteiger partial charge in [-0.25, -0.2) is 0 Å². The fourth-order valence-electron chi connectivity index (χ4n) is 2.57. The van der Waals surface area contributed by atoms with Gasteiger partial charge in [0, 0.05) is 13.7 Å². The molecule has 0 radical (unpaired) electrons. The Balaban J connectivity index is 3.19. The maximum atomic E-state index is 9.61. The highest BCUT2D eigenvalue weighted by atomic mass is 16.5. The zero-order valence-corrected chi connectivity index (χ0v) is 14.1. The number of likely N-dealkylation sites (N-methyl/N-ethyl adjacent to an activating group) is 1. The highest BCUT2D eigenvalue weighted by Gasteiger charge is 2.06. The Labute approximate surface area is 126 Å². The molecule has 0 aliphatic carbocycles. The van der Waals surface area contributed by atoms with E-state index in [1.54, 1.807) is 7.11 Å². The topological polar surface area (TPSA) is 32.7 Å². The van der Waals surface area contributed by atoms with Gasteiger partial charge in [-0.3, -0.25) is 0 Å². The van der Waals surface area contributed by atoms with E-state index in [-0.39, 0.29) is 6.10 Å². The highest BCUT2D eigenvalue weighted by molar-refractivity contribution is 4.60. The summed E-state index contributed by atoms with van der Waals surface area (Å²) in [6.07, 6.45) is 13.4. The van der Waals surface area contributed by atoms with Crippen molar-refractivity contribution in [3.8, 4) is 0 Å². The van der Waals surface area contributed by atoms with Gasteiger partial charge in [0.25, 0.3) is 0 Å². The Morgan fingerprint density at radius 3 is 1.90 bits per heavy atom. The summed E-state index contributed by atoms with van der Waals surface area (Å²) in [5.74, 6) is 0. The predicted molar refractivity (Wildman–Crippen MR) is 87.2 cm³/mol. The van der Waals surface area contributed by atoms with Crippen LogP contribution in [0.25, 0.3) is 0 Å². The molecule has 3 nitrogen and oxygen atoms in total. The van der Waals surface area contributed by atoms with Crippen molar-refractivity contribution < 1.29 is 9.84 Å². The molecule has 0 saturated heterocycles. The summed E-state index contributed by atoms with van der Waals surface area (Å²) in [4.78, 5) is 2.20. The summed E-state index contributed by atoms with van der Waals surface area (Å²) in [7, 11) is 3.71. The molecule has 0 aliphatic rings. The first-order chi connectivity index (χ1) is 9.70. The van der Waals surface area contributed by atoms with Gasteiger partial charge in [-0.05, 0) is 20.0 Å². The normalized spacial score (nSPS) is 13.1. The van der Waals surface area contributed by atoms with Gasteiger partial charge in [0.1, 0.15) is 0 Å². The first-order valence-corrected chi connectivity index (χ1v) is 8.56. The fourth-order valence-corrected chi connectivity index (χ4v) is 2.57. The Hall–Kier alpha value is -0.120. The number of ether oxygens (including phenoxy) is 1. The van der Waals surface area contributed by atoms with Crippen molar-refractivity contribution in [2.24, 2.45) is 0 Å². The molecule has 0 rings (SSSR count). The van der Waals surface area contributed by atoms with Crippen molar-refractivity contribution in [2.75, 3.05) is 33.9 Å². The summed E-state index contributed by atoms with van der Waals surface area (Å²) >= 11 is 0. The summed E-state index contributed by atoms with van der Waals surface area (Å²) in [6, 6.07) is 0. The van der Waals surface area contributed by atoms with E-state index in [4.69, 9.17) is 4.74 Å². The Morgan fingerprint density at radius 1 is 0.900 bits per heavy atom. The van der Waals surface area contributed by atoms with E-state index in [2.05, 4.69) is 18.9 Å². The van der Waals surface area contributed by atoms with Crippen LogP contribution in [0.3, 0.4) is 0 Å². The average molecular weight is 287 g/mol. The molecule has 0 aromatic heterocycles. The first-order valence-electron chi connectivity index (χ1n) is 8.56. The van der Waals surface area contributed by atoms with Crippen LogP contribution in [0.4, 0.5) is 0 Å². The lowest BCUT2D eigenvalue weighted by molar-refractivity contribution is 0.0430. The lowest BCUT2D eigenvalue weighted by Crippen LogP contribution is -2.32. The average Bonchev–Trinajstić information content (AvgIpc) is 2.41. The second kappa shape index (κ2) is 15.3. The zero-order chi connectivity index (χ0) is 15.1. The highest BCUT2D eigenvalue weighted by Crippen LogP contribution is 2.10. The summed E-state index contributed by atoms with van der Waals surface area (Å²) in [6.45, 7) is 4.50. The SMILES string of the molecule is CCCCCCCCCCCCN(C)CC(O)COC. The number of aliphatic hydroxyl groups excluding tert-OH is 1.